The molecule has 40 heavy (non-hydrogen) atoms. The van der Waals surface area contributed by atoms with Crippen LogP contribution in [0.2, 0.25) is 0 Å². The topological polar surface area (TPSA) is 112 Å². The molecule has 2 N–H and O–H groups in total. The van der Waals surface area contributed by atoms with Gasteiger partial charge in [0.05, 0.1) is 17.5 Å². The SMILES string of the molecule is COC[C@@H](c1ccccc1)N1C(CCC(C)C)=N/C(=C\O)C(S(=O)(=O)c2ccc(-c3ccc(F)nc3)cc2)=C1O. The van der Waals surface area contributed by atoms with Crippen molar-refractivity contribution in [3.05, 3.63) is 107 Å². The molecule has 1 aliphatic rings. The van der Waals surface area contributed by atoms with E-state index in [1.54, 1.807) is 18.2 Å². The summed E-state index contributed by atoms with van der Waals surface area (Å²) in [5.74, 6) is -0.441. The van der Waals surface area contributed by atoms with E-state index in [0.717, 1.165) is 12.0 Å². The molecule has 0 aliphatic carbocycles. The van der Waals surface area contributed by atoms with E-state index in [9.17, 15) is 23.0 Å². The summed E-state index contributed by atoms with van der Waals surface area (Å²) in [5.41, 5.74) is 1.77. The van der Waals surface area contributed by atoms with Gasteiger partial charge in [-0.3, -0.25) is 4.90 Å². The summed E-state index contributed by atoms with van der Waals surface area (Å²) in [7, 11) is -2.83. The number of pyridine rings is 1. The lowest BCUT2D eigenvalue weighted by Crippen LogP contribution is -2.40. The molecule has 2 heterocycles. The van der Waals surface area contributed by atoms with E-state index in [4.69, 9.17) is 4.74 Å². The Balaban J connectivity index is 1.82. The van der Waals surface area contributed by atoms with Crippen LogP contribution in [0.3, 0.4) is 0 Å². The van der Waals surface area contributed by atoms with Gasteiger partial charge in [-0.25, -0.2) is 18.4 Å². The number of aliphatic hydroxyl groups is 2. The van der Waals surface area contributed by atoms with Gasteiger partial charge in [-0.05, 0) is 47.7 Å². The van der Waals surface area contributed by atoms with Crippen LogP contribution in [0.5, 0.6) is 0 Å². The first-order chi connectivity index (χ1) is 19.2. The van der Waals surface area contributed by atoms with Gasteiger partial charge in [0, 0.05) is 25.3 Å². The minimum absolute atomic E-state index is 0.115. The van der Waals surface area contributed by atoms with E-state index < -0.39 is 32.6 Å². The maximum atomic E-state index is 13.9. The molecular weight excluding hydrogens is 533 g/mol. The van der Waals surface area contributed by atoms with Gasteiger partial charge in [0.15, 0.2) is 4.91 Å². The third kappa shape index (κ3) is 6.08. The van der Waals surface area contributed by atoms with Crippen molar-refractivity contribution in [2.45, 2.75) is 37.6 Å². The molecule has 2 aromatic carbocycles. The normalized spacial score (nSPS) is 16.0. The highest BCUT2D eigenvalue weighted by Gasteiger charge is 2.39. The molecule has 8 nitrogen and oxygen atoms in total. The molecular formula is C30H32FN3O5S. The summed E-state index contributed by atoms with van der Waals surface area (Å²) in [6.07, 6.45) is 3.10. The fraction of sp³-hybridized carbons (Fsp3) is 0.267. The highest BCUT2D eigenvalue weighted by atomic mass is 32.2. The smallest absolute Gasteiger partial charge is 0.215 e. The van der Waals surface area contributed by atoms with Gasteiger partial charge in [0.1, 0.15) is 17.8 Å². The van der Waals surface area contributed by atoms with E-state index in [1.807, 2.05) is 30.3 Å². The van der Waals surface area contributed by atoms with Crippen LogP contribution in [0.25, 0.3) is 11.1 Å². The molecule has 0 amide bonds. The number of aliphatic hydroxyl groups excluding tert-OH is 2. The van der Waals surface area contributed by atoms with Gasteiger partial charge < -0.3 is 14.9 Å². The summed E-state index contributed by atoms with van der Waals surface area (Å²) in [6.45, 7) is 4.25. The van der Waals surface area contributed by atoms with Crippen molar-refractivity contribution in [2.24, 2.45) is 10.9 Å². The van der Waals surface area contributed by atoms with Crippen molar-refractivity contribution in [1.29, 1.82) is 0 Å². The van der Waals surface area contributed by atoms with E-state index in [-0.39, 0.29) is 17.2 Å². The quantitative estimate of drug-likeness (QED) is 0.218. The van der Waals surface area contributed by atoms with Gasteiger partial charge in [0.2, 0.25) is 21.7 Å². The van der Waals surface area contributed by atoms with Crippen LogP contribution >= 0.6 is 0 Å². The zero-order valence-corrected chi connectivity index (χ0v) is 23.3. The first-order valence-corrected chi connectivity index (χ1v) is 14.3. The van der Waals surface area contributed by atoms with Crippen molar-refractivity contribution in [3.63, 3.8) is 0 Å². The first kappa shape index (κ1) is 29.0. The molecule has 0 spiro atoms. The number of sulfone groups is 1. The molecule has 1 atom stereocenters. The molecule has 1 aliphatic heterocycles. The number of amidine groups is 1. The van der Waals surface area contributed by atoms with Crippen molar-refractivity contribution >= 4 is 15.7 Å². The Morgan fingerprint density at radius 2 is 1.70 bits per heavy atom. The zero-order chi connectivity index (χ0) is 28.9. The average Bonchev–Trinajstić information content (AvgIpc) is 2.95. The van der Waals surface area contributed by atoms with Crippen LogP contribution < -0.4 is 0 Å². The number of aliphatic imine (C=N–C) groups is 1. The maximum Gasteiger partial charge on any atom is 0.215 e. The summed E-state index contributed by atoms with van der Waals surface area (Å²) in [5, 5.41) is 21.8. The minimum Gasteiger partial charge on any atom is -0.513 e. The molecule has 1 aromatic heterocycles. The van der Waals surface area contributed by atoms with E-state index in [2.05, 4.69) is 23.8 Å². The molecule has 0 saturated carbocycles. The van der Waals surface area contributed by atoms with Gasteiger partial charge >= 0.3 is 0 Å². The maximum absolute atomic E-state index is 13.9. The molecule has 210 valence electrons. The summed E-state index contributed by atoms with van der Waals surface area (Å²) in [6, 6.07) is 17.4. The molecule has 0 saturated heterocycles. The molecule has 0 radical (unpaired) electrons. The first-order valence-electron chi connectivity index (χ1n) is 12.8. The van der Waals surface area contributed by atoms with Crippen molar-refractivity contribution < 1.29 is 27.8 Å². The lowest BCUT2D eigenvalue weighted by atomic mass is 10.0. The average molecular weight is 566 g/mol. The number of hydrogen-bond donors (Lipinski definition) is 2. The largest absolute Gasteiger partial charge is 0.513 e. The van der Waals surface area contributed by atoms with Crippen LogP contribution in [0, 0.1) is 11.9 Å². The van der Waals surface area contributed by atoms with Crippen molar-refractivity contribution in [3.8, 4) is 11.1 Å². The highest BCUT2D eigenvalue weighted by molar-refractivity contribution is 7.95. The van der Waals surface area contributed by atoms with E-state index >= 15 is 0 Å². The van der Waals surface area contributed by atoms with Crippen LogP contribution in [0.15, 0.2) is 106 Å². The Hall–Kier alpha value is -4.02. The molecule has 0 fully saturated rings. The van der Waals surface area contributed by atoms with Crippen LogP contribution in [-0.4, -0.2) is 48.1 Å². The summed E-state index contributed by atoms with van der Waals surface area (Å²) >= 11 is 0. The number of nitrogens with zero attached hydrogens (tertiary/aromatic N) is 3. The van der Waals surface area contributed by atoms with Crippen LogP contribution in [0.4, 0.5) is 4.39 Å². The number of halogens is 1. The molecule has 0 unspecified atom stereocenters. The fourth-order valence-electron chi connectivity index (χ4n) is 4.50. The predicted molar refractivity (Wildman–Crippen MR) is 152 cm³/mol. The van der Waals surface area contributed by atoms with Crippen LogP contribution in [0.1, 0.15) is 38.3 Å². The zero-order valence-electron chi connectivity index (χ0n) is 22.5. The third-order valence-electron chi connectivity index (χ3n) is 6.57. The van der Waals surface area contributed by atoms with Gasteiger partial charge in [0.25, 0.3) is 0 Å². The summed E-state index contributed by atoms with van der Waals surface area (Å²) in [4.78, 5) is 9.03. The second-order valence-electron chi connectivity index (χ2n) is 9.78. The third-order valence-corrected chi connectivity index (χ3v) is 8.40. The fourth-order valence-corrected chi connectivity index (χ4v) is 5.94. The van der Waals surface area contributed by atoms with Crippen LogP contribution in [-0.2, 0) is 14.6 Å². The van der Waals surface area contributed by atoms with Gasteiger partial charge in [-0.2, -0.15) is 4.39 Å². The van der Waals surface area contributed by atoms with E-state index in [0.29, 0.717) is 35.6 Å². The number of hydrogen-bond acceptors (Lipinski definition) is 8. The number of ether oxygens (including phenoxy) is 1. The summed E-state index contributed by atoms with van der Waals surface area (Å²) < 4.78 is 46.6. The van der Waals surface area contributed by atoms with Crippen molar-refractivity contribution in [1.82, 2.24) is 9.88 Å². The van der Waals surface area contributed by atoms with E-state index in [1.165, 1.54) is 36.4 Å². The minimum atomic E-state index is -4.36. The monoisotopic (exact) mass is 565 g/mol. The predicted octanol–water partition coefficient (Wildman–Crippen LogP) is 6.33. The number of aromatic nitrogens is 1. The lowest BCUT2D eigenvalue weighted by Gasteiger charge is -2.37. The van der Waals surface area contributed by atoms with Gasteiger partial charge in [-0.15, -0.1) is 0 Å². The highest BCUT2D eigenvalue weighted by Crippen LogP contribution is 2.38. The standard InChI is InChI=1S/C30H32FN3O5S/c1-20(2)9-16-28-33-25(18-35)29(30(36)34(28)26(19-39-3)22-7-5-4-6-8-22)40(37,38)24-13-10-21(11-14-24)23-12-15-27(31)32-17-23/h4-8,10-15,17-18,20,26,35-36H,9,16,19H2,1-3H3/b25-18-/t26-/m0/s1. The Bertz CT molecular complexity index is 1520. The Labute approximate surface area is 233 Å². The number of benzene rings is 2. The molecule has 10 heteroatoms. The van der Waals surface area contributed by atoms with Crippen molar-refractivity contribution in [2.75, 3.05) is 13.7 Å². The number of rotatable bonds is 10. The Morgan fingerprint density at radius 1 is 1.02 bits per heavy atom. The lowest BCUT2D eigenvalue weighted by molar-refractivity contribution is 0.114. The Kier molecular flexibility index (Phi) is 9.01. The number of methoxy groups -OCH3 is 1. The second-order valence-corrected chi connectivity index (χ2v) is 11.7. The molecule has 3 aromatic rings. The molecule has 4 rings (SSSR count). The second kappa shape index (κ2) is 12.4. The van der Waals surface area contributed by atoms with Gasteiger partial charge in [-0.1, -0.05) is 56.3 Å². The Morgan fingerprint density at radius 3 is 2.27 bits per heavy atom. The molecule has 0 bridgehead atoms.